The molecule has 0 amide bonds. The third-order valence-electron chi connectivity index (χ3n) is 3.14. The summed E-state index contributed by atoms with van der Waals surface area (Å²) in [5.41, 5.74) is 0. The lowest BCUT2D eigenvalue weighted by atomic mass is 10.1. The van der Waals surface area contributed by atoms with Crippen LogP contribution in [0.1, 0.15) is 45.4 Å². The molecule has 1 unspecified atom stereocenters. The number of halogens is 2. The summed E-state index contributed by atoms with van der Waals surface area (Å²) in [6, 6.07) is 0. The number of nitrogens with one attached hydrogen (secondary N) is 1. The van der Waals surface area contributed by atoms with Crippen LogP contribution in [0.25, 0.3) is 0 Å². The van der Waals surface area contributed by atoms with Crippen LogP contribution in [0.3, 0.4) is 0 Å². The van der Waals surface area contributed by atoms with E-state index >= 15 is 0 Å². The molecule has 1 aliphatic heterocycles. The van der Waals surface area contributed by atoms with Crippen molar-refractivity contribution >= 4 is 15.9 Å². The number of hydrogen-bond acceptors (Lipinski definition) is 1. The molecule has 0 saturated heterocycles. The predicted octanol–water partition coefficient (Wildman–Crippen LogP) is -0.625. The fraction of sp³-hybridized carbons (Fsp3) is 0.846. The molecule has 0 fully saturated rings. The topological polar surface area (TPSA) is 7.68 Å². The van der Waals surface area contributed by atoms with Crippen LogP contribution in [0.15, 0.2) is 12.4 Å². The Labute approximate surface area is 125 Å². The van der Waals surface area contributed by atoms with E-state index in [4.69, 9.17) is 0 Å². The van der Waals surface area contributed by atoms with E-state index in [9.17, 15) is 0 Å². The van der Waals surface area contributed by atoms with Crippen LogP contribution in [0.2, 0.25) is 0 Å². The fourth-order valence-corrected chi connectivity index (χ4v) is 2.62. The SMILES string of the molecule is CCCCCCCCN1C=C[NH+](CCBr)C1.[Br-]. The lowest BCUT2D eigenvalue weighted by Crippen LogP contribution is -3.07. The lowest BCUT2D eigenvalue weighted by Gasteiger charge is -2.16. The first-order valence-corrected chi connectivity index (χ1v) is 7.82. The molecule has 1 aliphatic rings. The highest BCUT2D eigenvalue weighted by molar-refractivity contribution is 9.09. The van der Waals surface area contributed by atoms with Gasteiger partial charge in [0.15, 0.2) is 6.67 Å². The first-order valence-electron chi connectivity index (χ1n) is 6.69. The molecule has 0 bridgehead atoms. The van der Waals surface area contributed by atoms with Gasteiger partial charge in [0.05, 0.1) is 18.1 Å². The summed E-state index contributed by atoms with van der Waals surface area (Å²) in [6.45, 7) is 5.88. The Morgan fingerprint density at radius 1 is 1.18 bits per heavy atom. The quantitative estimate of drug-likeness (QED) is 0.420. The zero-order chi connectivity index (χ0) is 11.6. The molecule has 4 heteroatoms. The van der Waals surface area contributed by atoms with Crippen LogP contribution < -0.4 is 21.9 Å². The Morgan fingerprint density at radius 3 is 2.59 bits per heavy atom. The number of unbranched alkanes of at least 4 members (excludes halogenated alkanes) is 5. The lowest BCUT2D eigenvalue weighted by molar-refractivity contribution is -0.846. The van der Waals surface area contributed by atoms with E-state index in [1.165, 1.54) is 58.3 Å². The van der Waals surface area contributed by atoms with E-state index < -0.39 is 0 Å². The molecule has 0 aliphatic carbocycles. The smallest absolute Gasteiger partial charge is 0.156 e. The van der Waals surface area contributed by atoms with Crippen LogP contribution in [0.5, 0.6) is 0 Å². The number of rotatable bonds is 9. The van der Waals surface area contributed by atoms with Crippen molar-refractivity contribution in [3.63, 3.8) is 0 Å². The maximum atomic E-state index is 3.49. The summed E-state index contributed by atoms with van der Waals surface area (Å²) >= 11 is 3.49. The zero-order valence-electron chi connectivity index (χ0n) is 10.9. The molecule has 0 aromatic carbocycles. The van der Waals surface area contributed by atoms with Gasteiger partial charge in [-0.3, -0.25) is 4.90 Å². The van der Waals surface area contributed by atoms with E-state index in [1.807, 2.05) is 0 Å². The third kappa shape index (κ3) is 8.22. The normalized spacial score (nSPS) is 18.5. The van der Waals surface area contributed by atoms with Gasteiger partial charge < -0.3 is 21.9 Å². The van der Waals surface area contributed by atoms with Gasteiger partial charge in [0.2, 0.25) is 0 Å². The van der Waals surface area contributed by atoms with Gasteiger partial charge >= 0.3 is 0 Å². The predicted molar refractivity (Wildman–Crippen MR) is 73.7 cm³/mol. The van der Waals surface area contributed by atoms with Gasteiger partial charge in [0.25, 0.3) is 0 Å². The van der Waals surface area contributed by atoms with Crippen molar-refractivity contribution in [3.05, 3.63) is 12.4 Å². The molecule has 0 saturated carbocycles. The Bertz CT molecular complexity index is 198. The van der Waals surface area contributed by atoms with Gasteiger partial charge in [-0.05, 0) is 6.42 Å². The van der Waals surface area contributed by atoms with Crippen LogP contribution in [0.4, 0.5) is 0 Å². The molecular formula is C13H26Br2N2. The van der Waals surface area contributed by atoms with Gasteiger partial charge in [-0.25, -0.2) is 0 Å². The molecule has 0 radical (unpaired) electrons. The molecule has 0 spiro atoms. The summed E-state index contributed by atoms with van der Waals surface area (Å²) in [4.78, 5) is 4.03. The monoisotopic (exact) mass is 368 g/mol. The van der Waals surface area contributed by atoms with Crippen LogP contribution in [-0.2, 0) is 0 Å². The standard InChI is InChI=1S/C13H25BrN2.BrH/c1-2-3-4-5-6-7-9-15-11-12-16(13-15)10-8-14;/h11-12H,2-10,13H2,1H3;1H. The minimum Gasteiger partial charge on any atom is -1.00 e. The van der Waals surface area contributed by atoms with Crippen molar-refractivity contribution in [1.29, 1.82) is 0 Å². The summed E-state index contributed by atoms with van der Waals surface area (Å²) < 4.78 is 0. The van der Waals surface area contributed by atoms with Crippen LogP contribution in [-0.4, -0.2) is 30.0 Å². The largest absolute Gasteiger partial charge is 1.00 e. The summed E-state index contributed by atoms with van der Waals surface area (Å²) in [7, 11) is 0. The maximum absolute atomic E-state index is 3.49. The van der Waals surface area contributed by atoms with Crippen LogP contribution >= 0.6 is 15.9 Å². The molecular weight excluding hydrogens is 344 g/mol. The first kappa shape index (κ1) is 17.5. The highest BCUT2D eigenvalue weighted by atomic mass is 79.9. The van der Waals surface area contributed by atoms with E-state index in [2.05, 4.69) is 40.2 Å². The second-order valence-corrected chi connectivity index (χ2v) is 5.44. The van der Waals surface area contributed by atoms with Gasteiger partial charge in [0, 0.05) is 6.54 Å². The Balaban J connectivity index is 0.00000256. The maximum Gasteiger partial charge on any atom is 0.156 e. The van der Waals surface area contributed by atoms with E-state index in [0.717, 1.165) is 5.33 Å². The summed E-state index contributed by atoms with van der Waals surface area (Å²) in [6.07, 6.45) is 12.9. The third-order valence-corrected chi connectivity index (χ3v) is 3.54. The molecule has 17 heavy (non-hydrogen) atoms. The van der Waals surface area contributed by atoms with E-state index in [0.29, 0.717) is 0 Å². The first-order chi connectivity index (χ1) is 7.86. The molecule has 0 aromatic rings. The average molecular weight is 370 g/mol. The highest BCUT2D eigenvalue weighted by Gasteiger charge is 2.14. The van der Waals surface area contributed by atoms with Gasteiger partial charge in [-0.15, -0.1) is 0 Å². The van der Waals surface area contributed by atoms with E-state index in [-0.39, 0.29) is 17.0 Å². The van der Waals surface area contributed by atoms with Crippen molar-refractivity contribution in [2.24, 2.45) is 0 Å². The molecule has 102 valence electrons. The Morgan fingerprint density at radius 2 is 1.88 bits per heavy atom. The van der Waals surface area contributed by atoms with Crippen molar-refractivity contribution in [3.8, 4) is 0 Å². The molecule has 1 heterocycles. The van der Waals surface area contributed by atoms with Crippen molar-refractivity contribution in [2.75, 3.05) is 25.1 Å². The Kier molecular flexibility index (Phi) is 11.9. The van der Waals surface area contributed by atoms with Crippen molar-refractivity contribution < 1.29 is 21.9 Å². The number of nitrogens with zero attached hydrogens (tertiary/aromatic N) is 1. The second kappa shape index (κ2) is 11.5. The van der Waals surface area contributed by atoms with E-state index in [1.54, 1.807) is 4.90 Å². The summed E-state index contributed by atoms with van der Waals surface area (Å²) in [5.74, 6) is 0. The minimum absolute atomic E-state index is 0. The average Bonchev–Trinajstić information content (AvgIpc) is 2.72. The van der Waals surface area contributed by atoms with Gasteiger partial charge in [-0.1, -0.05) is 55.0 Å². The van der Waals surface area contributed by atoms with Gasteiger partial charge in [-0.2, -0.15) is 0 Å². The number of quaternary nitrogens is 1. The minimum atomic E-state index is 0. The highest BCUT2D eigenvalue weighted by Crippen LogP contribution is 2.06. The summed E-state index contributed by atoms with van der Waals surface area (Å²) in [5, 5.41) is 1.09. The molecule has 1 rings (SSSR count). The molecule has 1 N–H and O–H groups in total. The Hall–Kier alpha value is 0.460. The zero-order valence-corrected chi connectivity index (χ0v) is 14.1. The van der Waals surface area contributed by atoms with Crippen molar-refractivity contribution in [1.82, 2.24) is 4.90 Å². The van der Waals surface area contributed by atoms with Gasteiger partial charge in [0.1, 0.15) is 6.20 Å². The van der Waals surface area contributed by atoms with Crippen LogP contribution in [0, 0.1) is 0 Å². The molecule has 1 atom stereocenters. The van der Waals surface area contributed by atoms with Crippen molar-refractivity contribution in [2.45, 2.75) is 45.4 Å². The fourth-order valence-electron chi connectivity index (χ4n) is 2.11. The number of alkyl halides is 1. The second-order valence-electron chi connectivity index (χ2n) is 4.65. The molecule has 0 aromatic heterocycles. The molecule has 2 nitrogen and oxygen atoms in total. The number of hydrogen-bond donors (Lipinski definition) is 1.